The number of aromatic nitrogens is 4. The minimum atomic E-state index is -4.71. The molecule has 3 heterocycles. The maximum absolute atomic E-state index is 13.5. The van der Waals surface area contributed by atoms with Crippen molar-refractivity contribution >= 4 is 10.9 Å². The Balaban J connectivity index is 1.74. The standard InChI is InChI=1S/C26H22F3N5O3/c1-34-14-31-12-22(34)25(35,17-7-8-32-21(10-17)26(27,28)29)16-5-6-20-18(9-16)19(11-30)23(24(33-20)36-2)37-13-15-3-4-15/h5-10,12,14-15,35H,3-4,13H2,1-2H3/t25-/m0/s1. The number of halogens is 3. The van der Waals surface area contributed by atoms with Crippen molar-refractivity contribution in [3.8, 4) is 17.7 Å². The lowest BCUT2D eigenvalue weighted by Gasteiger charge is -2.30. The van der Waals surface area contributed by atoms with Gasteiger partial charge in [0.1, 0.15) is 17.3 Å². The SMILES string of the molecule is COc1nc2ccc([C@](O)(c3ccnc(C(F)(F)F)c3)c3cncn3C)cc2c(C#N)c1OCC1CC1. The van der Waals surface area contributed by atoms with Crippen molar-refractivity contribution in [2.75, 3.05) is 13.7 Å². The minimum Gasteiger partial charge on any atom is -0.487 e. The number of hydrogen-bond acceptors (Lipinski definition) is 7. The molecule has 1 atom stereocenters. The number of aliphatic hydroxyl groups is 1. The van der Waals surface area contributed by atoms with Crippen LogP contribution >= 0.6 is 0 Å². The molecule has 0 aliphatic heterocycles. The largest absolute Gasteiger partial charge is 0.487 e. The molecule has 1 N–H and O–H groups in total. The van der Waals surface area contributed by atoms with E-state index in [9.17, 15) is 23.5 Å². The summed E-state index contributed by atoms with van der Waals surface area (Å²) < 4.78 is 53.3. The smallest absolute Gasteiger partial charge is 0.433 e. The van der Waals surface area contributed by atoms with Gasteiger partial charge in [-0.25, -0.2) is 9.97 Å². The van der Waals surface area contributed by atoms with Gasteiger partial charge in [0.05, 0.1) is 37.5 Å². The van der Waals surface area contributed by atoms with E-state index >= 15 is 0 Å². The van der Waals surface area contributed by atoms with Crippen molar-refractivity contribution in [2.24, 2.45) is 13.0 Å². The zero-order chi connectivity index (χ0) is 26.4. The molecule has 8 nitrogen and oxygen atoms in total. The van der Waals surface area contributed by atoms with Crippen LogP contribution in [0.3, 0.4) is 0 Å². The summed E-state index contributed by atoms with van der Waals surface area (Å²) in [4.78, 5) is 11.9. The van der Waals surface area contributed by atoms with Crippen LogP contribution in [0.15, 0.2) is 49.1 Å². The molecule has 0 amide bonds. The Morgan fingerprint density at radius 2 is 1.95 bits per heavy atom. The summed E-state index contributed by atoms with van der Waals surface area (Å²) >= 11 is 0. The Bertz CT molecular complexity index is 1520. The van der Waals surface area contributed by atoms with Gasteiger partial charge in [-0.15, -0.1) is 0 Å². The summed E-state index contributed by atoms with van der Waals surface area (Å²) in [6, 6.07) is 8.92. The van der Waals surface area contributed by atoms with Gasteiger partial charge in [0, 0.05) is 18.6 Å². The summed E-state index contributed by atoms with van der Waals surface area (Å²) in [5.41, 5.74) is -2.30. The van der Waals surface area contributed by atoms with Gasteiger partial charge in [-0.1, -0.05) is 6.07 Å². The zero-order valence-electron chi connectivity index (χ0n) is 20.0. The summed E-state index contributed by atoms with van der Waals surface area (Å²) in [6.07, 6.45) is 1.17. The van der Waals surface area contributed by atoms with E-state index in [4.69, 9.17) is 9.47 Å². The minimum absolute atomic E-state index is 0.0667. The topological polar surface area (TPSA) is 106 Å². The lowest BCUT2D eigenvalue weighted by Crippen LogP contribution is -2.31. The fraction of sp³-hybridized carbons (Fsp3) is 0.308. The molecule has 4 aromatic rings. The van der Waals surface area contributed by atoms with Crippen LogP contribution in [-0.4, -0.2) is 38.3 Å². The second-order valence-electron chi connectivity index (χ2n) is 8.95. The van der Waals surface area contributed by atoms with E-state index in [0.29, 0.717) is 23.4 Å². The van der Waals surface area contributed by atoms with Crippen molar-refractivity contribution in [3.63, 3.8) is 0 Å². The first-order valence-corrected chi connectivity index (χ1v) is 11.4. The van der Waals surface area contributed by atoms with Crippen LogP contribution in [0.25, 0.3) is 10.9 Å². The summed E-state index contributed by atoms with van der Waals surface area (Å²) in [7, 11) is 3.05. The quantitative estimate of drug-likeness (QED) is 0.395. The molecule has 1 aliphatic carbocycles. The Kier molecular flexibility index (Phi) is 6.00. The summed E-state index contributed by atoms with van der Waals surface area (Å²) in [5, 5.41) is 22.6. The van der Waals surface area contributed by atoms with Crippen LogP contribution in [0.4, 0.5) is 13.2 Å². The molecule has 0 spiro atoms. The fourth-order valence-corrected chi connectivity index (χ4v) is 4.30. The Morgan fingerprint density at radius 1 is 1.19 bits per heavy atom. The highest BCUT2D eigenvalue weighted by Crippen LogP contribution is 2.42. The highest BCUT2D eigenvalue weighted by Gasteiger charge is 2.40. The maximum Gasteiger partial charge on any atom is 0.433 e. The second kappa shape index (κ2) is 9.05. The number of pyridine rings is 2. The molecule has 0 bridgehead atoms. The monoisotopic (exact) mass is 509 g/mol. The maximum atomic E-state index is 13.5. The number of fused-ring (bicyclic) bond motifs is 1. The van der Waals surface area contributed by atoms with Gasteiger partial charge in [-0.05, 0) is 54.2 Å². The lowest BCUT2D eigenvalue weighted by molar-refractivity contribution is -0.141. The van der Waals surface area contributed by atoms with Gasteiger partial charge < -0.3 is 19.1 Å². The molecule has 1 fully saturated rings. The van der Waals surface area contributed by atoms with Gasteiger partial charge in [0.25, 0.3) is 5.88 Å². The zero-order valence-corrected chi connectivity index (χ0v) is 20.0. The van der Waals surface area contributed by atoms with Gasteiger partial charge in [0.2, 0.25) is 0 Å². The molecule has 11 heteroatoms. The number of alkyl halides is 3. The first-order valence-electron chi connectivity index (χ1n) is 11.4. The highest BCUT2D eigenvalue weighted by atomic mass is 19.4. The van der Waals surface area contributed by atoms with Gasteiger partial charge in [0.15, 0.2) is 11.4 Å². The van der Waals surface area contributed by atoms with Crippen LogP contribution in [0.1, 0.15) is 40.9 Å². The average molecular weight is 509 g/mol. The molecule has 37 heavy (non-hydrogen) atoms. The van der Waals surface area contributed by atoms with E-state index in [2.05, 4.69) is 21.0 Å². The number of aryl methyl sites for hydroxylation is 1. The van der Waals surface area contributed by atoms with E-state index in [1.54, 1.807) is 19.2 Å². The first-order chi connectivity index (χ1) is 17.7. The number of methoxy groups -OCH3 is 1. The fourth-order valence-electron chi connectivity index (χ4n) is 4.30. The molecule has 0 unspecified atom stereocenters. The van der Waals surface area contributed by atoms with E-state index in [1.165, 1.54) is 36.3 Å². The Hall–Kier alpha value is -4.17. The van der Waals surface area contributed by atoms with Crippen LogP contribution in [0, 0.1) is 17.2 Å². The van der Waals surface area contributed by atoms with Crippen molar-refractivity contribution in [1.82, 2.24) is 19.5 Å². The first kappa shape index (κ1) is 24.5. The molecule has 190 valence electrons. The van der Waals surface area contributed by atoms with E-state index in [1.807, 2.05) is 0 Å². The van der Waals surface area contributed by atoms with E-state index in [0.717, 1.165) is 25.1 Å². The lowest BCUT2D eigenvalue weighted by atomic mass is 9.82. The molecule has 5 rings (SSSR count). The molecule has 1 aromatic carbocycles. The van der Waals surface area contributed by atoms with Gasteiger partial charge in [-0.3, -0.25) is 4.98 Å². The molecular formula is C26H22F3N5O3. The summed E-state index contributed by atoms with van der Waals surface area (Å²) in [6.45, 7) is 0.411. The molecular weight excluding hydrogens is 487 g/mol. The van der Waals surface area contributed by atoms with Crippen LogP contribution in [-0.2, 0) is 18.8 Å². The molecule has 1 saturated carbocycles. The van der Waals surface area contributed by atoms with E-state index < -0.39 is 17.5 Å². The van der Waals surface area contributed by atoms with Gasteiger partial charge in [-0.2, -0.15) is 18.4 Å². The Morgan fingerprint density at radius 3 is 2.57 bits per heavy atom. The Labute approximate surface area is 209 Å². The number of ether oxygens (including phenoxy) is 2. The molecule has 0 saturated heterocycles. The molecule has 1 aliphatic rings. The average Bonchev–Trinajstić information content (AvgIpc) is 3.62. The third-order valence-electron chi connectivity index (χ3n) is 6.45. The van der Waals surface area contributed by atoms with Gasteiger partial charge >= 0.3 is 6.18 Å². The molecule has 3 aromatic heterocycles. The third kappa shape index (κ3) is 4.34. The second-order valence-corrected chi connectivity index (χ2v) is 8.95. The van der Waals surface area contributed by atoms with Crippen molar-refractivity contribution in [1.29, 1.82) is 5.26 Å². The summed E-state index contributed by atoms with van der Waals surface area (Å²) in [5.74, 6) is 0.750. The number of hydrogen-bond donors (Lipinski definition) is 1. The normalized spacial score (nSPS) is 15.3. The highest BCUT2D eigenvalue weighted by molar-refractivity contribution is 5.89. The number of nitriles is 1. The van der Waals surface area contributed by atoms with Crippen molar-refractivity contribution < 1.29 is 27.8 Å². The van der Waals surface area contributed by atoms with E-state index in [-0.39, 0.29) is 34.0 Å². The molecule has 0 radical (unpaired) electrons. The third-order valence-corrected chi connectivity index (χ3v) is 6.45. The van der Waals surface area contributed by atoms with Crippen LogP contribution in [0.2, 0.25) is 0 Å². The number of benzene rings is 1. The number of imidazole rings is 1. The number of rotatable bonds is 7. The van der Waals surface area contributed by atoms with Crippen LogP contribution in [0.5, 0.6) is 11.6 Å². The number of nitrogens with zero attached hydrogens (tertiary/aromatic N) is 5. The predicted octanol–water partition coefficient (Wildman–Crippen LogP) is 4.34. The van der Waals surface area contributed by atoms with Crippen molar-refractivity contribution in [2.45, 2.75) is 24.6 Å². The predicted molar refractivity (Wildman–Crippen MR) is 126 cm³/mol. The van der Waals surface area contributed by atoms with Crippen LogP contribution < -0.4 is 9.47 Å². The van der Waals surface area contributed by atoms with Crippen molar-refractivity contribution in [3.05, 3.63) is 77.1 Å².